The number of thiazole rings is 1. The molecule has 22 heavy (non-hydrogen) atoms. The maximum absolute atomic E-state index is 11.8. The van der Waals surface area contributed by atoms with Gasteiger partial charge in [0.05, 0.1) is 28.1 Å². The molecule has 0 aliphatic carbocycles. The van der Waals surface area contributed by atoms with Gasteiger partial charge in [-0.25, -0.2) is 4.98 Å². The van der Waals surface area contributed by atoms with E-state index in [4.69, 9.17) is 27.9 Å². The van der Waals surface area contributed by atoms with Crippen LogP contribution in [-0.2, 0) is 9.53 Å². The number of ether oxygens (including phenoxy) is 1. The number of carbonyl (C=O) groups excluding carboxylic acids is 1. The lowest BCUT2D eigenvalue weighted by atomic mass is 10.2. The highest BCUT2D eigenvalue weighted by atomic mass is 35.5. The van der Waals surface area contributed by atoms with Crippen molar-refractivity contribution < 1.29 is 9.53 Å². The number of thioether (sulfide) groups is 1. The lowest BCUT2D eigenvalue weighted by Crippen LogP contribution is -2.14. The number of carbonyl (C=O) groups is 1. The third-order valence-corrected chi connectivity index (χ3v) is 5.05. The van der Waals surface area contributed by atoms with Crippen LogP contribution in [-0.4, -0.2) is 36.1 Å². The highest BCUT2D eigenvalue weighted by Crippen LogP contribution is 2.30. The van der Waals surface area contributed by atoms with Gasteiger partial charge in [-0.2, -0.15) is 0 Å². The number of anilines is 1. The molecule has 8 heteroatoms. The average molecular weight is 377 g/mol. The SMILES string of the molecule is COCCSCC(=O)Nc1nc(-c2ccc(Cl)c(Cl)c2)cs1. The quantitative estimate of drug-likeness (QED) is 0.725. The number of nitrogens with one attached hydrogen (secondary N) is 1. The van der Waals surface area contributed by atoms with E-state index in [9.17, 15) is 4.79 Å². The van der Waals surface area contributed by atoms with Crippen LogP contribution in [0.4, 0.5) is 5.13 Å². The number of nitrogens with zero attached hydrogens (tertiary/aromatic N) is 1. The molecule has 2 aromatic rings. The third-order valence-electron chi connectivity index (χ3n) is 2.63. The van der Waals surface area contributed by atoms with E-state index in [-0.39, 0.29) is 5.91 Å². The summed E-state index contributed by atoms with van der Waals surface area (Å²) in [5, 5.41) is 6.20. The Balaban J connectivity index is 1.93. The molecular formula is C14H14Cl2N2O2S2. The molecule has 0 saturated heterocycles. The largest absolute Gasteiger partial charge is 0.384 e. The van der Waals surface area contributed by atoms with Gasteiger partial charge in [-0.1, -0.05) is 29.3 Å². The topological polar surface area (TPSA) is 51.2 Å². The summed E-state index contributed by atoms with van der Waals surface area (Å²) in [4.78, 5) is 16.2. The Hall–Kier alpha value is -0.790. The van der Waals surface area contributed by atoms with Gasteiger partial charge >= 0.3 is 0 Å². The first-order valence-electron chi connectivity index (χ1n) is 6.37. The Labute approximate surface area is 147 Å². The van der Waals surface area contributed by atoms with Crippen molar-refractivity contribution in [3.8, 4) is 11.3 Å². The molecule has 1 aromatic heterocycles. The van der Waals surface area contributed by atoms with Gasteiger partial charge in [-0.15, -0.1) is 23.1 Å². The molecule has 1 N–H and O–H groups in total. The standard InChI is InChI=1S/C14H14Cl2N2O2S2/c1-20-4-5-21-8-13(19)18-14-17-12(7-22-14)9-2-3-10(15)11(16)6-9/h2-3,6-7H,4-5,8H2,1H3,(H,17,18,19). The lowest BCUT2D eigenvalue weighted by Gasteiger charge is -2.02. The van der Waals surface area contributed by atoms with Crippen LogP contribution in [0.25, 0.3) is 11.3 Å². The Morgan fingerprint density at radius 1 is 1.41 bits per heavy atom. The molecule has 2 rings (SSSR count). The second-order valence-corrected chi connectivity index (χ2v) is 7.04. The second-order valence-electron chi connectivity index (χ2n) is 4.26. The predicted molar refractivity (Wildman–Crippen MR) is 95.4 cm³/mol. The van der Waals surface area contributed by atoms with Gasteiger partial charge in [0.15, 0.2) is 5.13 Å². The van der Waals surface area contributed by atoms with Gasteiger partial charge < -0.3 is 10.1 Å². The monoisotopic (exact) mass is 376 g/mol. The van der Waals surface area contributed by atoms with Crippen LogP contribution in [0.5, 0.6) is 0 Å². The number of rotatable bonds is 7. The van der Waals surface area contributed by atoms with Crippen LogP contribution >= 0.6 is 46.3 Å². The zero-order chi connectivity index (χ0) is 15.9. The summed E-state index contributed by atoms with van der Waals surface area (Å²) >= 11 is 14.8. The Kier molecular flexibility index (Phi) is 6.98. The average Bonchev–Trinajstić information content (AvgIpc) is 2.95. The molecule has 1 amide bonds. The fraction of sp³-hybridized carbons (Fsp3) is 0.286. The van der Waals surface area contributed by atoms with Crippen molar-refractivity contribution in [3.05, 3.63) is 33.6 Å². The fourth-order valence-corrected chi connectivity index (χ4v) is 3.30. The molecule has 4 nitrogen and oxygen atoms in total. The van der Waals surface area contributed by atoms with E-state index in [1.54, 1.807) is 19.2 Å². The molecule has 0 bridgehead atoms. The minimum absolute atomic E-state index is 0.0730. The van der Waals surface area contributed by atoms with Gasteiger partial charge in [0.1, 0.15) is 0 Å². The summed E-state index contributed by atoms with van der Waals surface area (Å²) in [6, 6.07) is 5.32. The van der Waals surface area contributed by atoms with E-state index in [1.165, 1.54) is 23.1 Å². The molecule has 0 aliphatic rings. The summed E-state index contributed by atoms with van der Waals surface area (Å²) in [6.07, 6.45) is 0. The van der Waals surface area contributed by atoms with Crippen molar-refractivity contribution in [1.29, 1.82) is 0 Å². The zero-order valence-electron chi connectivity index (χ0n) is 11.8. The molecule has 1 heterocycles. The second kappa shape index (κ2) is 8.74. The van der Waals surface area contributed by atoms with E-state index in [2.05, 4.69) is 10.3 Å². The minimum atomic E-state index is -0.0730. The van der Waals surface area contributed by atoms with Crippen molar-refractivity contribution in [3.63, 3.8) is 0 Å². The first-order valence-corrected chi connectivity index (χ1v) is 9.16. The zero-order valence-corrected chi connectivity index (χ0v) is 14.9. The predicted octanol–water partition coefficient (Wildman–Crippen LogP) is 4.44. The molecular weight excluding hydrogens is 363 g/mol. The van der Waals surface area contributed by atoms with Crippen LogP contribution < -0.4 is 5.32 Å². The molecule has 0 unspecified atom stereocenters. The number of hydrogen-bond donors (Lipinski definition) is 1. The first kappa shape index (κ1) is 17.6. The maximum Gasteiger partial charge on any atom is 0.236 e. The van der Waals surface area contributed by atoms with Crippen molar-refractivity contribution in [2.45, 2.75) is 0 Å². The fourth-order valence-electron chi connectivity index (χ4n) is 1.58. The van der Waals surface area contributed by atoms with E-state index < -0.39 is 0 Å². The number of halogens is 2. The Morgan fingerprint density at radius 2 is 2.23 bits per heavy atom. The smallest absolute Gasteiger partial charge is 0.236 e. The molecule has 0 atom stereocenters. The minimum Gasteiger partial charge on any atom is -0.384 e. The third kappa shape index (κ3) is 5.14. The van der Waals surface area contributed by atoms with Crippen LogP contribution in [0.15, 0.2) is 23.6 Å². The molecule has 1 aromatic carbocycles. The first-order chi connectivity index (χ1) is 10.6. The lowest BCUT2D eigenvalue weighted by molar-refractivity contribution is -0.113. The summed E-state index contributed by atoms with van der Waals surface area (Å²) in [7, 11) is 1.64. The molecule has 0 spiro atoms. The molecule has 118 valence electrons. The van der Waals surface area contributed by atoms with Crippen LogP contribution in [0.3, 0.4) is 0 Å². The van der Waals surface area contributed by atoms with Crippen molar-refractivity contribution in [2.24, 2.45) is 0 Å². The van der Waals surface area contributed by atoms with E-state index in [0.717, 1.165) is 17.0 Å². The van der Waals surface area contributed by atoms with Crippen LogP contribution in [0, 0.1) is 0 Å². The molecule has 0 saturated carbocycles. The van der Waals surface area contributed by atoms with Crippen molar-refractivity contribution in [2.75, 3.05) is 30.5 Å². The molecule has 0 fully saturated rings. The highest BCUT2D eigenvalue weighted by Gasteiger charge is 2.09. The van der Waals surface area contributed by atoms with Gasteiger partial charge in [0, 0.05) is 23.8 Å². The maximum atomic E-state index is 11.8. The van der Waals surface area contributed by atoms with Crippen molar-refractivity contribution >= 4 is 57.3 Å². The van der Waals surface area contributed by atoms with E-state index >= 15 is 0 Å². The Bertz CT molecular complexity index is 650. The summed E-state index contributed by atoms with van der Waals surface area (Å²) in [5.74, 6) is 1.09. The summed E-state index contributed by atoms with van der Waals surface area (Å²) in [5.41, 5.74) is 1.62. The van der Waals surface area contributed by atoms with Gasteiger partial charge in [0.2, 0.25) is 5.91 Å². The number of aromatic nitrogens is 1. The highest BCUT2D eigenvalue weighted by molar-refractivity contribution is 7.99. The van der Waals surface area contributed by atoms with Gasteiger partial charge in [-0.3, -0.25) is 4.79 Å². The van der Waals surface area contributed by atoms with Gasteiger partial charge in [0.25, 0.3) is 0 Å². The van der Waals surface area contributed by atoms with Crippen molar-refractivity contribution in [1.82, 2.24) is 4.98 Å². The normalized spacial score (nSPS) is 10.7. The number of amides is 1. The van der Waals surface area contributed by atoms with E-state index in [1.807, 2.05) is 11.4 Å². The number of benzene rings is 1. The molecule has 0 radical (unpaired) electrons. The van der Waals surface area contributed by atoms with Gasteiger partial charge in [-0.05, 0) is 12.1 Å². The van der Waals surface area contributed by atoms with Crippen LogP contribution in [0.1, 0.15) is 0 Å². The number of hydrogen-bond acceptors (Lipinski definition) is 5. The summed E-state index contributed by atoms with van der Waals surface area (Å²) in [6.45, 7) is 0.636. The summed E-state index contributed by atoms with van der Waals surface area (Å²) < 4.78 is 4.93. The van der Waals surface area contributed by atoms with E-state index in [0.29, 0.717) is 27.5 Å². The molecule has 0 aliphatic heterocycles. The Morgan fingerprint density at radius 3 is 2.95 bits per heavy atom. The van der Waals surface area contributed by atoms with Crippen LogP contribution in [0.2, 0.25) is 10.0 Å². The number of methoxy groups -OCH3 is 1.